The lowest BCUT2D eigenvalue weighted by Crippen LogP contribution is -2.37. The summed E-state index contributed by atoms with van der Waals surface area (Å²) >= 11 is 0. The van der Waals surface area contributed by atoms with Crippen molar-refractivity contribution in [2.45, 2.75) is 39.3 Å². The van der Waals surface area contributed by atoms with Crippen molar-refractivity contribution in [1.82, 2.24) is 9.80 Å². The molecule has 134 valence electrons. The highest BCUT2D eigenvalue weighted by molar-refractivity contribution is 5.76. The molecular formula is C20H32N2O2. The summed E-state index contributed by atoms with van der Waals surface area (Å²) in [7, 11) is 4.23. The number of likely N-dealkylation sites (tertiary alicyclic amines) is 1. The van der Waals surface area contributed by atoms with Crippen LogP contribution in [0.5, 0.6) is 0 Å². The average Bonchev–Trinajstić information content (AvgIpc) is 3.01. The van der Waals surface area contributed by atoms with Crippen LogP contribution in [-0.2, 0) is 16.1 Å². The molecule has 0 radical (unpaired) electrons. The van der Waals surface area contributed by atoms with Crippen LogP contribution in [0.15, 0.2) is 30.3 Å². The molecule has 0 N–H and O–H groups in total. The lowest BCUT2D eigenvalue weighted by Gasteiger charge is -2.27. The standard InChI is InChI=1S/C20H32N2O2/c1-16(2)18-13-22(14-19(18)21(3)4)20(23)11-8-12-24-15-17-9-6-5-7-10-17/h5-7,9-10,16,18-19H,8,11-15H2,1-4H3/t18-,19+/m0/s1. The molecule has 0 unspecified atom stereocenters. The minimum atomic E-state index is 0.272. The number of hydrogen-bond donors (Lipinski definition) is 0. The number of amides is 1. The summed E-state index contributed by atoms with van der Waals surface area (Å²) in [5.74, 6) is 1.44. The minimum Gasteiger partial charge on any atom is -0.377 e. The van der Waals surface area contributed by atoms with Gasteiger partial charge in [-0.1, -0.05) is 44.2 Å². The number of ether oxygens (including phenoxy) is 1. The first-order chi connectivity index (χ1) is 11.5. The molecule has 2 atom stereocenters. The zero-order chi connectivity index (χ0) is 17.5. The number of rotatable bonds is 8. The van der Waals surface area contributed by atoms with E-state index in [2.05, 4.69) is 45.0 Å². The lowest BCUT2D eigenvalue weighted by atomic mass is 9.91. The molecule has 0 saturated carbocycles. The maximum atomic E-state index is 12.5. The highest BCUT2D eigenvalue weighted by Gasteiger charge is 2.37. The highest BCUT2D eigenvalue weighted by atomic mass is 16.5. The van der Waals surface area contributed by atoms with Gasteiger partial charge in [-0.15, -0.1) is 0 Å². The van der Waals surface area contributed by atoms with E-state index in [9.17, 15) is 4.79 Å². The molecule has 4 nitrogen and oxygen atoms in total. The van der Waals surface area contributed by atoms with Crippen LogP contribution >= 0.6 is 0 Å². The maximum Gasteiger partial charge on any atom is 0.222 e. The van der Waals surface area contributed by atoms with Crippen molar-refractivity contribution in [2.24, 2.45) is 11.8 Å². The van der Waals surface area contributed by atoms with Gasteiger partial charge in [-0.25, -0.2) is 0 Å². The Bertz CT molecular complexity index is 486. The largest absolute Gasteiger partial charge is 0.377 e. The number of hydrogen-bond acceptors (Lipinski definition) is 3. The van der Waals surface area contributed by atoms with Crippen molar-refractivity contribution in [1.29, 1.82) is 0 Å². The predicted octanol–water partition coefficient (Wildman–Crippen LogP) is 3.03. The molecule has 2 rings (SSSR count). The summed E-state index contributed by atoms with van der Waals surface area (Å²) in [5, 5.41) is 0. The lowest BCUT2D eigenvalue weighted by molar-refractivity contribution is -0.130. The smallest absolute Gasteiger partial charge is 0.222 e. The van der Waals surface area contributed by atoms with Crippen LogP contribution in [0.1, 0.15) is 32.3 Å². The van der Waals surface area contributed by atoms with E-state index in [0.717, 1.165) is 19.5 Å². The molecule has 1 aromatic carbocycles. The topological polar surface area (TPSA) is 32.8 Å². The third-order valence-electron chi connectivity index (χ3n) is 5.00. The molecule has 0 bridgehead atoms. The number of nitrogens with zero attached hydrogens (tertiary/aromatic N) is 2. The summed E-state index contributed by atoms with van der Waals surface area (Å²) in [6, 6.07) is 10.6. The Morgan fingerprint density at radius 1 is 1.25 bits per heavy atom. The average molecular weight is 332 g/mol. The van der Waals surface area contributed by atoms with Gasteiger partial charge in [0.15, 0.2) is 0 Å². The fraction of sp³-hybridized carbons (Fsp3) is 0.650. The van der Waals surface area contributed by atoms with Crippen LogP contribution in [0.2, 0.25) is 0 Å². The van der Waals surface area contributed by atoms with E-state index in [1.165, 1.54) is 5.56 Å². The van der Waals surface area contributed by atoms with Crippen molar-refractivity contribution in [3.8, 4) is 0 Å². The molecule has 0 aliphatic carbocycles. The number of benzene rings is 1. The first kappa shape index (κ1) is 18.9. The van der Waals surface area contributed by atoms with Crippen LogP contribution in [0.4, 0.5) is 0 Å². The van der Waals surface area contributed by atoms with E-state index in [1.807, 2.05) is 23.1 Å². The Labute approximate surface area is 146 Å². The van der Waals surface area contributed by atoms with Crippen LogP contribution in [0.25, 0.3) is 0 Å². The first-order valence-corrected chi connectivity index (χ1v) is 9.05. The Morgan fingerprint density at radius 2 is 1.96 bits per heavy atom. The second kappa shape index (κ2) is 9.19. The van der Waals surface area contributed by atoms with E-state index in [4.69, 9.17) is 4.74 Å². The number of likely N-dealkylation sites (N-methyl/N-ethyl adjacent to an activating group) is 1. The predicted molar refractivity (Wildman–Crippen MR) is 97.7 cm³/mol. The van der Waals surface area contributed by atoms with Crippen LogP contribution in [0, 0.1) is 11.8 Å². The molecule has 1 fully saturated rings. The van der Waals surface area contributed by atoms with Gasteiger partial charge in [0.1, 0.15) is 0 Å². The quantitative estimate of drug-likeness (QED) is 0.686. The van der Waals surface area contributed by atoms with Gasteiger partial charge >= 0.3 is 0 Å². The molecule has 1 aromatic rings. The molecule has 1 aliphatic heterocycles. The van der Waals surface area contributed by atoms with Gasteiger partial charge in [0.2, 0.25) is 5.91 Å². The van der Waals surface area contributed by atoms with Gasteiger partial charge in [0.25, 0.3) is 0 Å². The molecule has 4 heteroatoms. The van der Waals surface area contributed by atoms with Crippen molar-refractivity contribution in [2.75, 3.05) is 33.8 Å². The van der Waals surface area contributed by atoms with E-state index in [0.29, 0.717) is 37.5 Å². The van der Waals surface area contributed by atoms with E-state index < -0.39 is 0 Å². The van der Waals surface area contributed by atoms with E-state index in [1.54, 1.807) is 0 Å². The van der Waals surface area contributed by atoms with Crippen molar-refractivity contribution >= 4 is 5.91 Å². The van der Waals surface area contributed by atoms with Gasteiger partial charge in [0.05, 0.1) is 6.61 Å². The third kappa shape index (κ3) is 5.32. The number of carbonyl (C=O) groups excluding carboxylic acids is 1. The molecular weight excluding hydrogens is 300 g/mol. The van der Waals surface area contributed by atoms with Gasteiger partial charge in [-0.3, -0.25) is 4.79 Å². The zero-order valence-electron chi connectivity index (χ0n) is 15.6. The molecule has 0 spiro atoms. The minimum absolute atomic E-state index is 0.272. The molecule has 1 aliphatic rings. The normalized spacial score (nSPS) is 21.0. The second-order valence-electron chi connectivity index (χ2n) is 7.38. The molecule has 1 amide bonds. The van der Waals surface area contributed by atoms with Gasteiger partial charge in [-0.05, 0) is 37.9 Å². The summed E-state index contributed by atoms with van der Waals surface area (Å²) in [6.07, 6.45) is 1.38. The Kier molecular flexibility index (Phi) is 7.25. The van der Waals surface area contributed by atoms with Crippen molar-refractivity contribution in [3.05, 3.63) is 35.9 Å². The van der Waals surface area contributed by atoms with Crippen LogP contribution in [-0.4, -0.2) is 55.5 Å². The fourth-order valence-corrected chi connectivity index (χ4v) is 3.46. The van der Waals surface area contributed by atoms with E-state index in [-0.39, 0.29) is 5.91 Å². The summed E-state index contributed by atoms with van der Waals surface area (Å²) in [4.78, 5) is 16.8. The van der Waals surface area contributed by atoms with Gasteiger partial charge in [0, 0.05) is 32.2 Å². The second-order valence-corrected chi connectivity index (χ2v) is 7.38. The third-order valence-corrected chi connectivity index (χ3v) is 5.00. The highest BCUT2D eigenvalue weighted by Crippen LogP contribution is 2.27. The summed E-state index contributed by atoms with van der Waals surface area (Å²) in [5.41, 5.74) is 1.18. The van der Waals surface area contributed by atoms with Crippen LogP contribution < -0.4 is 0 Å². The zero-order valence-corrected chi connectivity index (χ0v) is 15.6. The summed E-state index contributed by atoms with van der Waals surface area (Å²) in [6.45, 7) is 7.53. The Morgan fingerprint density at radius 3 is 2.54 bits per heavy atom. The number of carbonyl (C=O) groups is 1. The van der Waals surface area contributed by atoms with Gasteiger partial charge in [-0.2, -0.15) is 0 Å². The SMILES string of the molecule is CC(C)[C@@H]1CN(C(=O)CCCOCc2ccccc2)C[C@H]1N(C)C. The monoisotopic (exact) mass is 332 g/mol. The van der Waals surface area contributed by atoms with Gasteiger partial charge < -0.3 is 14.5 Å². The Hall–Kier alpha value is -1.39. The molecule has 0 aromatic heterocycles. The maximum absolute atomic E-state index is 12.5. The van der Waals surface area contributed by atoms with E-state index >= 15 is 0 Å². The van der Waals surface area contributed by atoms with Crippen molar-refractivity contribution < 1.29 is 9.53 Å². The fourth-order valence-electron chi connectivity index (χ4n) is 3.46. The van der Waals surface area contributed by atoms with Crippen LogP contribution in [0.3, 0.4) is 0 Å². The molecule has 1 saturated heterocycles. The van der Waals surface area contributed by atoms with Crippen molar-refractivity contribution in [3.63, 3.8) is 0 Å². The Balaban J connectivity index is 1.69. The molecule has 24 heavy (non-hydrogen) atoms. The first-order valence-electron chi connectivity index (χ1n) is 9.05. The summed E-state index contributed by atoms with van der Waals surface area (Å²) < 4.78 is 5.67. The molecule has 1 heterocycles.